The number of hydrogen-bond donors (Lipinski definition) is 1. The van der Waals surface area contributed by atoms with E-state index in [1.165, 1.54) is 12.1 Å². The van der Waals surface area contributed by atoms with E-state index in [0.717, 1.165) is 0 Å². The highest BCUT2D eigenvalue weighted by atomic mass is 32.2. The first-order chi connectivity index (χ1) is 7.06. The molecule has 0 radical (unpaired) electrons. The predicted octanol–water partition coefficient (Wildman–Crippen LogP) is 1.93. The summed E-state index contributed by atoms with van der Waals surface area (Å²) in [6.45, 7) is 3.90. The monoisotopic (exact) mass is 229 g/mol. The summed E-state index contributed by atoms with van der Waals surface area (Å²) in [6, 6.07) is 5.98. The largest absolute Gasteiger partial charge is 0.316 e. The number of benzene rings is 1. The van der Waals surface area contributed by atoms with Crippen LogP contribution >= 0.6 is 0 Å². The third-order valence-electron chi connectivity index (χ3n) is 2.54. The van der Waals surface area contributed by atoms with E-state index in [4.69, 9.17) is 0 Å². The van der Waals surface area contributed by atoms with E-state index in [9.17, 15) is 8.60 Å². The average Bonchev–Trinajstić information content (AvgIpc) is 2.27. The van der Waals surface area contributed by atoms with E-state index in [2.05, 4.69) is 5.32 Å². The van der Waals surface area contributed by atoms with Gasteiger partial charge in [0.1, 0.15) is 5.82 Å². The van der Waals surface area contributed by atoms with Gasteiger partial charge in [-0.2, -0.15) is 0 Å². The molecule has 0 saturated carbocycles. The molecule has 0 aromatic heterocycles. The fraction of sp³-hybridized carbons (Fsp3) is 0.455. The Labute approximate surface area is 92.3 Å². The van der Waals surface area contributed by atoms with Gasteiger partial charge in [-0.15, -0.1) is 0 Å². The molecule has 0 aliphatic rings. The zero-order valence-corrected chi connectivity index (χ0v) is 9.98. The van der Waals surface area contributed by atoms with Gasteiger partial charge >= 0.3 is 0 Å². The molecule has 0 spiro atoms. The van der Waals surface area contributed by atoms with Gasteiger partial charge < -0.3 is 5.32 Å². The van der Waals surface area contributed by atoms with Crippen LogP contribution in [-0.2, 0) is 10.8 Å². The number of nitrogens with one attached hydrogen (secondary N) is 1. The quantitative estimate of drug-likeness (QED) is 0.854. The van der Waals surface area contributed by atoms with Gasteiger partial charge in [0.2, 0.25) is 0 Å². The lowest BCUT2D eigenvalue weighted by molar-refractivity contribution is 0.583. The lowest BCUT2D eigenvalue weighted by Gasteiger charge is -2.18. The van der Waals surface area contributed by atoms with Crippen molar-refractivity contribution in [2.24, 2.45) is 0 Å². The Balaban J connectivity index is 2.80. The molecule has 3 unspecified atom stereocenters. The Hall–Kier alpha value is -0.740. The molecule has 0 bridgehead atoms. The molecule has 84 valence electrons. The van der Waals surface area contributed by atoms with Gasteiger partial charge in [0.25, 0.3) is 0 Å². The van der Waals surface area contributed by atoms with E-state index in [-0.39, 0.29) is 17.1 Å². The zero-order valence-electron chi connectivity index (χ0n) is 9.16. The molecule has 0 fully saturated rings. The highest BCUT2D eigenvalue weighted by Gasteiger charge is 2.18. The van der Waals surface area contributed by atoms with Gasteiger partial charge in [-0.3, -0.25) is 4.21 Å². The predicted molar refractivity (Wildman–Crippen MR) is 60.8 cm³/mol. The maximum absolute atomic E-state index is 12.7. The maximum Gasteiger partial charge on any atom is 0.123 e. The van der Waals surface area contributed by atoms with E-state index in [1.807, 2.05) is 20.9 Å². The zero-order chi connectivity index (χ0) is 11.4. The molecule has 1 aromatic carbocycles. The molecule has 0 aliphatic heterocycles. The lowest BCUT2D eigenvalue weighted by atomic mass is 10.3. The normalized spacial score (nSPS) is 17.1. The van der Waals surface area contributed by atoms with Crippen LogP contribution < -0.4 is 5.32 Å². The van der Waals surface area contributed by atoms with E-state index in [1.54, 1.807) is 12.1 Å². The summed E-state index contributed by atoms with van der Waals surface area (Å²) in [5, 5.41) is 3.06. The topological polar surface area (TPSA) is 29.1 Å². The van der Waals surface area contributed by atoms with Crippen LogP contribution in [0.1, 0.15) is 13.8 Å². The van der Waals surface area contributed by atoms with Gasteiger partial charge in [-0.1, -0.05) is 0 Å². The molecule has 2 nitrogen and oxygen atoms in total. The SMILES string of the molecule is CNC(C)C(C)S(=O)c1ccc(F)cc1. The highest BCUT2D eigenvalue weighted by molar-refractivity contribution is 7.85. The number of halogens is 1. The molecular formula is C11H16FNOS. The molecule has 0 aliphatic carbocycles. The smallest absolute Gasteiger partial charge is 0.123 e. The van der Waals surface area contributed by atoms with Crippen LogP contribution in [0, 0.1) is 5.82 Å². The van der Waals surface area contributed by atoms with Crippen molar-refractivity contribution in [2.75, 3.05) is 7.05 Å². The summed E-state index contributed by atoms with van der Waals surface area (Å²) in [7, 11) is 0.741. The van der Waals surface area contributed by atoms with Crippen molar-refractivity contribution < 1.29 is 8.60 Å². The van der Waals surface area contributed by atoms with Gasteiger partial charge in [0, 0.05) is 10.9 Å². The van der Waals surface area contributed by atoms with Crippen molar-refractivity contribution in [1.82, 2.24) is 5.32 Å². The Bertz CT molecular complexity index is 339. The first-order valence-corrected chi connectivity index (χ1v) is 6.11. The molecule has 4 heteroatoms. The summed E-state index contributed by atoms with van der Waals surface area (Å²) < 4.78 is 24.7. The molecule has 15 heavy (non-hydrogen) atoms. The van der Waals surface area contributed by atoms with E-state index in [0.29, 0.717) is 4.90 Å². The molecule has 1 N–H and O–H groups in total. The Morgan fingerprint density at radius 1 is 1.27 bits per heavy atom. The molecule has 0 saturated heterocycles. The van der Waals surface area contributed by atoms with E-state index < -0.39 is 10.8 Å². The molecule has 3 atom stereocenters. The second-order valence-corrected chi connectivity index (χ2v) is 5.34. The Morgan fingerprint density at radius 3 is 2.27 bits per heavy atom. The third kappa shape index (κ3) is 3.11. The molecule has 0 amide bonds. The molecular weight excluding hydrogens is 213 g/mol. The van der Waals surface area contributed by atoms with Crippen LogP contribution in [0.15, 0.2) is 29.2 Å². The second kappa shape index (κ2) is 5.37. The van der Waals surface area contributed by atoms with Crippen molar-refractivity contribution >= 4 is 10.8 Å². The minimum absolute atomic E-state index is 0.000427. The van der Waals surface area contributed by atoms with Crippen LogP contribution in [0.25, 0.3) is 0 Å². The van der Waals surface area contributed by atoms with Crippen molar-refractivity contribution in [3.05, 3.63) is 30.1 Å². The van der Waals surface area contributed by atoms with Crippen LogP contribution in [0.3, 0.4) is 0 Å². The molecule has 1 aromatic rings. The van der Waals surface area contributed by atoms with Crippen LogP contribution in [0.5, 0.6) is 0 Å². The van der Waals surface area contributed by atoms with Crippen LogP contribution in [0.4, 0.5) is 4.39 Å². The summed E-state index contributed by atoms with van der Waals surface area (Å²) >= 11 is 0. The highest BCUT2D eigenvalue weighted by Crippen LogP contribution is 2.14. The number of rotatable bonds is 4. The third-order valence-corrected chi connectivity index (χ3v) is 4.36. The van der Waals surface area contributed by atoms with Gasteiger partial charge in [-0.05, 0) is 45.2 Å². The standard InChI is InChI=1S/C11H16FNOS/c1-8(13-3)9(2)15(14)11-6-4-10(12)5-7-11/h4-9,13H,1-3H3. The summed E-state index contributed by atoms with van der Waals surface area (Å²) in [6.07, 6.45) is 0. The van der Waals surface area contributed by atoms with E-state index >= 15 is 0 Å². The lowest BCUT2D eigenvalue weighted by Crippen LogP contribution is -2.35. The summed E-state index contributed by atoms with van der Waals surface area (Å²) in [5.41, 5.74) is 0. The second-order valence-electron chi connectivity index (χ2n) is 3.53. The van der Waals surface area contributed by atoms with Gasteiger partial charge in [0.15, 0.2) is 0 Å². The van der Waals surface area contributed by atoms with Crippen molar-refractivity contribution in [3.8, 4) is 0 Å². The molecule has 0 heterocycles. The summed E-state index contributed by atoms with van der Waals surface area (Å²) in [4.78, 5) is 0.672. The van der Waals surface area contributed by atoms with Gasteiger partial charge in [-0.25, -0.2) is 4.39 Å². The Morgan fingerprint density at radius 2 is 1.80 bits per heavy atom. The van der Waals surface area contributed by atoms with Crippen molar-refractivity contribution in [2.45, 2.75) is 30.0 Å². The average molecular weight is 229 g/mol. The first-order valence-electron chi connectivity index (χ1n) is 4.89. The first kappa shape index (κ1) is 12.3. The van der Waals surface area contributed by atoms with Crippen LogP contribution in [-0.4, -0.2) is 22.5 Å². The Kier molecular flexibility index (Phi) is 4.42. The summed E-state index contributed by atoms with van der Waals surface area (Å²) in [5.74, 6) is -0.301. The van der Waals surface area contributed by atoms with Gasteiger partial charge in [0.05, 0.1) is 16.0 Å². The fourth-order valence-electron chi connectivity index (χ4n) is 1.20. The van der Waals surface area contributed by atoms with Crippen LogP contribution in [0.2, 0.25) is 0 Å². The minimum Gasteiger partial charge on any atom is -0.316 e. The maximum atomic E-state index is 12.7. The van der Waals surface area contributed by atoms with Crippen molar-refractivity contribution in [3.63, 3.8) is 0 Å². The fourth-order valence-corrected chi connectivity index (χ4v) is 2.54. The number of hydrogen-bond acceptors (Lipinski definition) is 2. The van der Waals surface area contributed by atoms with Crippen molar-refractivity contribution in [1.29, 1.82) is 0 Å². The minimum atomic E-state index is -1.10. The molecule has 1 rings (SSSR count).